The highest BCUT2D eigenvalue weighted by atomic mass is 16.3. The summed E-state index contributed by atoms with van der Waals surface area (Å²) in [5, 5.41) is 17.7. The van der Waals surface area contributed by atoms with Gasteiger partial charge in [0.25, 0.3) is 0 Å². The summed E-state index contributed by atoms with van der Waals surface area (Å²) in [5.74, 6) is 0. The summed E-state index contributed by atoms with van der Waals surface area (Å²) in [4.78, 5) is 0. The van der Waals surface area contributed by atoms with Crippen LogP contribution in [-0.2, 0) is 6.42 Å². The van der Waals surface area contributed by atoms with Crippen molar-refractivity contribution in [3.63, 3.8) is 0 Å². The third-order valence-corrected chi connectivity index (χ3v) is 1.71. The molecule has 0 heterocycles. The van der Waals surface area contributed by atoms with Crippen LogP contribution in [0, 0.1) is 6.92 Å². The molecule has 2 N–H and O–H groups in total. The van der Waals surface area contributed by atoms with Gasteiger partial charge in [0.2, 0.25) is 0 Å². The minimum Gasteiger partial charge on any atom is -0.394 e. The zero-order valence-electron chi connectivity index (χ0n) is 6.90. The van der Waals surface area contributed by atoms with Crippen LogP contribution in [0.5, 0.6) is 0 Å². The first-order valence-corrected chi connectivity index (χ1v) is 3.92. The summed E-state index contributed by atoms with van der Waals surface area (Å²) in [5.41, 5.74) is 1.97. The van der Waals surface area contributed by atoms with Crippen molar-refractivity contribution in [1.29, 1.82) is 0 Å². The average Bonchev–Trinajstić information content (AvgIpc) is 2.09. The van der Waals surface area contributed by atoms with E-state index in [4.69, 9.17) is 10.2 Å². The van der Waals surface area contributed by atoms with Gasteiger partial charge in [-0.1, -0.05) is 24.3 Å². The minimum absolute atomic E-state index is 0.188. The van der Waals surface area contributed by atoms with Gasteiger partial charge in [-0.3, -0.25) is 0 Å². The lowest BCUT2D eigenvalue weighted by molar-refractivity contribution is 0.0955. The van der Waals surface area contributed by atoms with Crippen LogP contribution in [0.1, 0.15) is 11.1 Å². The van der Waals surface area contributed by atoms with Crippen LogP contribution in [0.15, 0.2) is 24.3 Å². The molecule has 0 spiro atoms. The zero-order valence-corrected chi connectivity index (χ0v) is 6.90. The highest BCUT2D eigenvalue weighted by Gasteiger charge is 2.02. The molecule has 0 bridgehead atoms. The fourth-order valence-electron chi connectivity index (χ4n) is 1.01. The van der Waals surface area contributed by atoms with Gasteiger partial charge in [0, 0.05) is 6.42 Å². The molecular weight excluding hydrogens is 152 g/mol. The Hall–Kier alpha value is -0.860. The molecule has 0 aromatic heterocycles. The van der Waals surface area contributed by atoms with Gasteiger partial charge < -0.3 is 10.2 Å². The zero-order chi connectivity index (χ0) is 8.97. The quantitative estimate of drug-likeness (QED) is 0.694. The molecular formula is C10H13O2. The Morgan fingerprint density at radius 3 is 2.33 bits per heavy atom. The van der Waals surface area contributed by atoms with Crippen molar-refractivity contribution in [2.45, 2.75) is 12.5 Å². The Morgan fingerprint density at radius 2 is 1.83 bits per heavy atom. The predicted octanol–water partition coefficient (Wildman–Crippen LogP) is 0.764. The van der Waals surface area contributed by atoms with E-state index < -0.39 is 6.10 Å². The van der Waals surface area contributed by atoms with Crippen LogP contribution >= 0.6 is 0 Å². The molecule has 2 nitrogen and oxygen atoms in total. The molecule has 0 aliphatic heterocycles. The van der Waals surface area contributed by atoms with Crippen LogP contribution < -0.4 is 0 Å². The Kier molecular flexibility index (Phi) is 3.26. The molecule has 1 radical (unpaired) electrons. The van der Waals surface area contributed by atoms with Crippen molar-refractivity contribution < 1.29 is 10.2 Å². The molecule has 0 saturated heterocycles. The molecule has 1 atom stereocenters. The monoisotopic (exact) mass is 165 g/mol. The lowest BCUT2D eigenvalue weighted by Gasteiger charge is -2.06. The number of aliphatic hydroxyl groups excluding tert-OH is 2. The standard InChI is InChI=1S/C10H13O2/c1-8-2-4-9(5-3-8)6-10(12)7-11/h2-5,10-12H,1,6-7H2. The van der Waals surface area contributed by atoms with Crippen molar-refractivity contribution in [3.8, 4) is 0 Å². The molecule has 0 saturated carbocycles. The lowest BCUT2D eigenvalue weighted by atomic mass is 10.1. The van der Waals surface area contributed by atoms with E-state index in [1.807, 2.05) is 24.3 Å². The third-order valence-electron chi connectivity index (χ3n) is 1.71. The first-order chi connectivity index (χ1) is 5.72. The van der Waals surface area contributed by atoms with Crippen molar-refractivity contribution in [3.05, 3.63) is 42.3 Å². The largest absolute Gasteiger partial charge is 0.394 e. The Balaban J connectivity index is 2.58. The maximum atomic E-state index is 9.12. The topological polar surface area (TPSA) is 40.5 Å². The van der Waals surface area contributed by atoms with Crippen molar-refractivity contribution in [2.24, 2.45) is 0 Å². The molecule has 0 fully saturated rings. The number of benzene rings is 1. The first kappa shape index (κ1) is 9.23. The molecule has 0 amide bonds. The van der Waals surface area contributed by atoms with Crippen LogP contribution in [0.3, 0.4) is 0 Å². The maximum absolute atomic E-state index is 9.12. The van der Waals surface area contributed by atoms with E-state index in [1.165, 1.54) is 0 Å². The van der Waals surface area contributed by atoms with Crippen LogP contribution in [0.2, 0.25) is 0 Å². The fourth-order valence-corrected chi connectivity index (χ4v) is 1.01. The van der Waals surface area contributed by atoms with E-state index in [0.717, 1.165) is 11.1 Å². The summed E-state index contributed by atoms with van der Waals surface area (Å²) >= 11 is 0. The lowest BCUT2D eigenvalue weighted by Crippen LogP contribution is -2.14. The fraction of sp³-hybridized carbons (Fsp3) is 0.300. The molecule has 0 aliphatic rings. The van der Waals surface area contributed by atoms with Crippen LogP contribution in [-0.4, -0.2) is 22.9 Å². The van der Waals surface area contributed by atoms with E-state index in [2.05, 4.69) is 6.92 Å². The van der Waals surface area contributed by atoms with E-state index in [1.54, 1.807) is 0 Å². The summed E-state index contributed by atoms with van der Waals surface area (Å²) in [6.45, 7) is 3.56. The molecule has 1 aromatic rings. The SMILES string of the molecule is [CH2]c1ccc(CC(O)CO)cc1. The second-order valence-electron chi connectivity index (χ2n) is 2.86. The number of aliphatic hydroxyl groups is 2. The molecule has 1 rings (SSSR count). The minimum atomic E-state index is -0.652. The number of hydrogen-bond donors (Lipinski definition) is 2. The smallest absolute Gasteiger partial charge is 0.0811 e. The summed E-state index contributed by atoms with van der Waals surface area (Å²) in [6.07, 6.45) is -0.155. The summed E-state index contributed by atoms with van der Waals surface area (Å²) < 4.78 is 0. The predicted molar refractivity (Wildman–Crippen MR) is 47.7 cm³/mol. The molecule has 1 aromatic carbocycles. The van der Waals surface area contributed by atoms with E-state index in [-0.39, 0.29) is 6.61 Å². The summed E-state index contributed by atoms with van der Waals surface area (Å²) in [6, 6.07) is 7.58. The summed E-state index contributed by atoms with van der Waals surface area (Å²) in [7, 11) is 0. The number of rotatable bonds is 3. The molecule has 1 unspecified atom stereocenters. The van der Waals surface area contributed by atoms with Gasteiger partial charge in [0.1, 0.15) is 0 Å². The van der Waals surface area contributed by atoms with Gasteiger partial charge >= 0.3 is 0 Å². The van der Waals surface area contributed by atoms with E-state index >= 15 is 0 Å². The van der Waals surface area contributed by atoms with Crippen LogP contribution in [0.25, 0.3) is 0 Å². The van der Waals surface area contributed by atoms with Gasteiger partial charge in [0.05, 0.1) is 12.7 Å². The third kappa shape index (κ3) is 2.64. The maximum Gasteiger partial charge on any atom is 0.0811 e. The van der Waals surface area contributed by atoms with E-state index in [9.17, 15) is 0 Å². The highest BCUT2D eigenvalue weighted by molar-refractivity contribution is 5.24. The first-order valence-electron chi connectivity index (χ1n) is 3.92. The molecule has 65 valence electrons. The second-order valence-corrected chi connectivity index (χ2v) is 2.86. The molecule has 12 heavy (non-hydrogen) atoms. The number of hydrogen-bond acceptors (Lipinski definition) is 2. The second kappa shape index (κ2) is 4.24. The molecule has 0 aliphatic carbocycles. The van der Waals surface area contributed by atoms with Gasteiger partial charge in [0.15, 0.2) is 0 Å². The Morgan fingerprint density at radius 1 is 1.25 bits per heavy atom. The molecule has 2 heteroatoms. The highest BCUT2D eigenvalue weighted by Crippen LogP contribution is 2.05. The Bertz CT molecular complexity index is 228. The van der Waals surface area contributed by atoms with Gasteiger partial charge in [-0.05, 0) is 18.1 Å². The Labute approximate surface area is 72.5 Å². The van der Waals surface area contributed by atoms with Crippen molar-refractivity contribution in [2.75, 3.05) is 6.61 Å². The normalized spacial score (nSPS) is 12.9. The van der Waals surface area contributed by atoms with Gasteiger partial charge in [-0.15, -0.1) is 0 Å². The van der Waals surface area contributed by atoms with Gasteiger partial charge in [-0.25, -0.2) is 0 Å². The van der Waals surface area contributed by atoms with Crippen LogP contribution in [0.4, 0.5) is 0 Å². The van der Waals surface area contributed by atoms with Crippen molar-refractivity contribution in [1.82, 2.24) is 0 Å². The van der Waals surface area contributed by atoms with E-state index in [0.29, 0.717) is 6.42 Å². The average molecular weight is 165 g/mol. The van der Waals surface area contributed by atoms with Crippen molar-refractivity contribution >= 4 is 0 Å². The van der Waals surface area contributed by atoms with Gasteiger partial charge in [-0.2, -0.15) is 0 Å².